The van der Waals surface area contributed by atoms with Crippen LogP contribution in [0.25, 0.3) is 16.7 Å². The summed E-state index contributed by atoms with van der Waals surface area (Å²) in [7, 11) is 1.54. The van der Waals surface area contributed by atoms with Crippen LogP contribution in [0.1, 0.15) is 10.4 Å². The van der Waals surface area contributed by atoms with Gasteiger partial charge in [-0.3, -0.25) is 19.0 Å². The van der Waals surface area contributed by atoms with Crippen LogP contribution in [0.15, 0.2) is 82.9 Å². The molecule has 0 aliphatic carbocycles. The Balaban J connectivity index is 1.60. The van der Waals surface area contributed by atoms with Gasteiger partial charge in [-0.2, -0.15) is 0 Å². The van der Waals surface area contributed by atoms with E-state index in [0.717, 1.165) is 11.8 Å². The second-order valence-corrected chi connectivity index (χ2v) is 7.68. The number of para-hydroxylation sites is 1. The molecule has 0 fully saturated rings. The first kappa shape index (κ1) is 21.3. The van der Waals surface area contributed by atoms with E-state index in [1.54, 1.807) is 61.8 Å². The summed E-state index contributed by atoms with van der Waals surface area (Å²) in [6.45, 7) is 0. The van der Waals surface area contributed by atoms with Crippen LogP contribution in [0.5, 0.6) is 0 Å². The average Bonchev–Trinajstić information content (AvgIpc) is 2.83. The zero-order chi connectivity index (χ0) is 22.5. The molecule has 2 N–H and O–H groups in total. The number of nitrogens with zero attached hydrogens (tertiary/aromatic N) is 3. The Kier molecular flexibility index (Phi) is 6.27. The molecular weight excluding hydrogens is 426 g/mol. The number of anilines is 1. The zero-order valence-corrected chi connectivity index (χ0v) is 17.9. The average molecular weight is 446 g/mol. The summed E-state index contributed by atoms with van der Waals surface area (Å²) in [6, 6.07) is 19.1. The third-order valence-electron chi connectivity index (χ3n) is 4.60. The largest absolute Gasteiger partial charge is 0.355 e. The van der Waals surface area contributed by atoms with E-state index in [2.05, 4.69) is 20.6 Å². The Morgan fingerprint density at radius 1 is 1.03 bits per heavy atom. The number of aromatic nitrogens is 3. The molecule has 4 aromatic rings. The minimum Gasteiger partial charge on any atom is -0.355 e. The molecule has 32 heavy (non-hydrogen) atoms. The zero-order valence-electron chi connectivity index (χ0n) is 17.1. The smallest absolute Gasteiger partial charge is 0.268 e. The molecule has 4 rings (SSSR count). The third kappa shape index (κ3) is 4.52. The van der Waals surface area contributed by atoms with Crippen LogP contribution >= 0.6 is 11.8 Å². The van der Waals surface area contributed by atoms with Crippen molar-refractivity contribution in [1.82, 2.24) is 19.9 Å². The van der Waals surface area contributed by atoms with Crippen molar-refractivity contribution in [2.45, 2.75) is 5.16 Å². The topological polar surface area (TPSA) is 106 Å². The Morgan fingerprint density at radius 3 is 2.62 bits per heavy atom. The fourth-order valence-electron chi connectivity index (χ4n) is 3.11. The molecule has 0 atom stereocenters. The van der Waals surface area contributed by atoms with Gasteiger partial charge in [0.15, 0.2) is 10.8 Å². The van der Waals surface area contributed by atoms with Crippen molar-refractivity contribution in [1.29, 1.82) is 0 Å². The Morgan fingerprint density at radius 2 is 1.84 bits per heavy atom. The number of hydrogen-bond donors (Lipinski definition) is 2. The normalized spacial score (nSPS) is 10.7. The summed E-state index contributed by atoms with van der Waals surface area (Å²) in [5, 5.41) is 6.08. The Bertz CT molecular complexity index is 1350. The van der Waals surface area contributed by atoms with E-state index in [1.807, 2.05) is 18.2 Å². The van der Waals surface area contributed by atoms with Crippen molar-refractivity contribution in [2.24, 2.45) is 0 Å². The summed E-state index contributed by atoms with van der Waals surface area (Å²) in [6.07, 6.45) is 1.57. The van der Waals surface area contributed by atoms with Crippen molar-refractivity contribution in [3.8, 4) is 5.69 Å². The number of pyridine rings is 1. The first-order valence-electron chi connectivity index (χ1n) is 9.75. The lowest BCUT2D eigenvalue weighted by atomic mass is 10.2. The molecular formula is C23H19N5O3S. The number of fused-ring (bicyclic) bond motifs is 1. The molecule has 2 aromatic carbocycles. The Hall–Kier alpha value is -3.98. The van der Waals surface area contributed by atoms with Crippen molar-refractivity contribution in [3.05, 3.63) is 88.8 Å². The molecule has 0 aliphatic heterocycles. The summed E-state index contributed by atoms with van der Waals surface area (Å²) in [4.78, 5) is 46.2. The molecule has 0 unspecified atom stereocenters. The number of rotatable bonds is 6. The van der Waals surface area contributed by atoms with Crippen molar-refractivity contribution >= 4 is 40.3 Å². The molecule has 0 saturated carbocycles. The van der Waals surface area contributed by atoms with Gasteiger partial charge in [0.25, 0.3) is 11.5 Å². The molecule has 2 amide bonds. The molecule has 2 aromatic heterocycles. The fraction of sp³-hybridized carbons (Fsp3) is 0.0870. The molecule has 9 heteroatoms. The second-order valence-electron chi connectivity index (χ2n) is 6.74. The molecule has 0 saturated heterocycles. The van der Waals surface area contributed by atoms with E-state index in [9.17, 15) is 14.4 Å². The van der Waals surface area contributed by atoms with E-state index >= 15 is 0 Å². The van der Waals surface area contributed by atoms with Crippen molar-refractivity contribution in [2.75, 3.05) is 18.1 Å². The van der Waals surface area contributed by atoms with Gasteiger partial charge in [-0.1, -0.05) is 36.0 Å². The Labute approximate surface area is 187 Å². The maximum atomic E-state index is 13.1. The lowest BCUT2D eigenvalue weighted by Crippen LogP contribution is -2.23. The predicted octanol–water partition coefficient (Wildman–Crippen LogP) is 2.87. The highest BCUT2D eigenvalue weighted by Crippen LogP contribution is 2.21. The molecule has 0 spiro atoms. The summed E-state index contributed by atoms with van der Waals surface area (Å²) >= 11 is 1.13. The van der Waals surface area contributed by atoms with Gasteiger partial charge in [0.1, 0.15) is 0 Å². The quantitative estimate of drug-likeness (QED) is 0.349. The summed E-state index contributed by atoms with van der Waals surface area (Å²) in [5.41, 5.74) is 1.67. The summed E-state index contributed by atoms with van der Waals surface area (Å²) in [5.74, 6) is -0.517. The van der Waals surface area contributed by atoms with Crippen LogP contribution in [0.2, 0.25) is 0 Å². The van der Waals surface area contributed by atoms with E-state index in [1.165, 1.54) is 4.57 Å². The van der Waals surface area contributed by atoms with E-state index in [4.69, 9.17) is 0 Å². The lowest BCUT2D eigenvalue weighted by molar-refractivity contribution is -0.113. The minimum atomic E-state index is -0.293. The fourth-order valence-corrected chi connectivity index (χ4v) is 3.91. The minimum absolute atomic E-state index is 0.0157. The van der Waals surface area contributed by atoms with Gasteiger partial charge >= 0.3 is 0 Å². The van der Waals surface area contributed by atoms with Gasteiger partial charge in [-0.05, 0) is 42.5 Å². The van der Waals surface area contributed by atoms with Crippen LogP contribution in [0, 0.1) is 0 Å². The third-order valence-corrected chi connectivity index (χ3v) is 5.53. The van der Waals surface area contributed by atoms with E-state index in [-0.39, 0.29) is 23.1 Å². The predicted molar refractivity (Wildman–Crippen MR) is 124 cm³/mol. The first-order valence-corrected chi connectivity index (χ1v) is 10.7. The van der Waals surface area contributed by atoms with E-state index < -0.39 is 0 Å². The SMILES string of the molecule is CNC(=O)c1cccc(NC(=O)CSc2nc3ncccc3c(=O)n2-c2ccccc2)c1. The first-order chi connectivity index (χ1) is 15.6. The second kappa shape index (κ2) is 9.44. The molecule has 8 nitrogen and oxygen atoms in total. The number of thioether (sulfide) groups is 1. The highest BCUT2D eigenvalue weighted by molar-refractivity contribution is 7.99. The van der Waals surface area contributed by atoms with Crippen LogP contribution < -0.4 is 16.2 Å². The molecule has 2 heterocycles. The van der Waals surface area contributed by atoms with Gasteiger partial charge in [0.05, 0.1) is 16.8 Å². The molecule has 0 radical (unpaired) electrons. The van der Waals surface area contributed by atoms with Crippen LogP contribution in [-0.2, 0) is 4.79 Å². The molecule has 0 aliphatic rings. The highest BCUT2D eigenvalue weighted by atomic mass is 32.2. The monoisotopic (exact) mass is 445 g/mol. The maximum absolute atomic E-state index is 13.1. The van der Waals surface area contributed by atoms with Crippen LogP contribution in [0.4, 0.5) is 5.69 Å². The van der Waals surface area contributed by atoms with E-state index in [0.29, 0.717) is 33.1 Å². The maximum Gasteiger partial charge on any atom is 0.268 e. The van der Waals surface area contributed by atoms with Gasteiger partial charge in [-0.25, -0.2) is 9.97 Å². The number of amides is 2. The standard InChI is InChI=1S/C23H19N5O3S/c1-24-21(30)15-7-5-8-16(13-15)26-19(29)14-32-23-27-20-18(11-6-12-25-20)22(31)28(23)17-9-3-2-4-10-17/h2-13H,14H2,1H3,(H,24,30)(H,26,29). The number of carbonyl (C=O) groups is 2. The lowest BCUT2D eigenvalue weighted by Gasteiger charge is -2.13. The van der Waals surface area contributed by atoms with Crippen molar-refractivity contribution < 1.29 is 9.59 Å². The number of nitrogens with one attached hydrogen (secondary N) is 2. The van der Waals surface area contributed by atoms with Gasteiger partial charge < -0.3 is 10.6 Å². The summed E-state index contributed by atoms with van der Waals surface area (Å²) < 4.78 is 1.48. The van der Waals surface area contributed by atoms with Gasteiger partial charge in [0.2, 0.25) is 5.91 Å². The van der Waals surface area contributed by atoms with Crippen LogP contribution in [-0.4, -0.2) is 39.1 Å². The number of hydrogen-bond acceptors (Lipinski definition) is 6. The highest BCUT2D eigenvalue weighted by Gasteiger charge is 2.15. The van der Waals surface area contributed by atoms with Gasteiger partial charge in [0, 0.05) is 24.5 Å². The molecule has 0 bridgehead atoms. The van der Waals surface area contributed by atoms with Crippen LogP contribution in [0.3, 0.4) is 0 Å². The number of carbonyl (C=O) groups excluding carboxylic acids is 2. The molecule has 160 valence electrons. The van der Waals surface area contributed by atoms with Crippen molar-refractivity contribution in [3.63, 3.8) is 0 Å². The number of benzene rings is 2. The van der Waals surface area contributed by atoms with Gasteiger partial charge in [-0.15, -0.1) is 0 Å².